The van der Waals surface area contributed by atoms with E-state index in [0.29, 0.717) is 6.42 Å². The van der Waals surface area contributed by atoms with Crippen molar-refractivity contribution in [1.82, 2.24) is 19.8 Å². The number of benzene rings is 2. The average Bonchev–Trinajstić information content (AvgIpc) is 3.12. The predicted octanol–water partition coefficient (Wildman–Crippen LogP) is 3.58. The fraction of sp³-hybridized carbons (Fsp3) is 0.0625. The summed E-state index contributed by atoms with van der Waals surface area (Å²) >= 11 is 1.50. The van der Waals surface area contributed by atoms with Crippen LogP contribution in [0.3, 0.4) is 0 Å². The Balaban J connectivity index is 1.70. The van der Waals surface area contributed by atoms with E-state index < -0.39 is 0 Å². The smallest absolute Gasteiger partial charge is 0.207 e. The summed E-state index contributed by atoms with van der Waals surface area (Å²) in [6.45, 7) is 0. The van der Waals surface area contributed by atoms with Crippen molar-refractivity contribution in [2.75, 3.05) is 0 Å². The van der Waals surface area contributed by atoms with Crippen LogP contribution in [0.15, 0.2) is 54.6 Å². The van der Waals surface area contributed by atoms with Crippen LogP contribution in [0.25, 0.3) is 15.5 Å². The molecule has 0 unspecified atom stereocenters. The van der Waals surface area contributed by atoms with Gasteiger partial charge in [-0.25, -0.2) is 4.39 Å². The highest BCUT2D eigenvalue weighted by atomic mass is 32.1. The molecule has 0 amide bonds. The molecule has 0 bridgehead atoms. The third-order valence-electron chi connectivity index (χ3n) is 3.35. The van der Waals surface area contributed by atoms with E-state index in [4.69, 9.17) is 0 Å². The van der Waals surface area contributed by atoms with Gasteiger partial charge in [-0.05, 0) is 17.7 Å². The van der Waals surface area contributed by atoms with Crippen LogP contribution in [0, 0.1) is 5.82 Å². The van der Waals surface area contributed by atoms with E-state index in [-0.39, 0.29) is 5.82 Å². The van der Waals surface area contributed by atoms with Crippen molar-refractivity contribution in [2.45, 2.75) is 6.42 Å². The summed E-state index contributed by atoms with van der Waals surface area (Å²) in [7, 11) is 0. The lowest BCUT2D eigenvalue weighted by Crippen LogP contribution is -1.97. The minimum Gasteiger partial charge on any atom is -0.207 e. The third kappa shape index (κ3) is 2.37. The number of hydrogen-bond acceptors (Lipinski definition) is 4. The first-order chi connectivity index (χ1) is 10.8. The van der Waals surface area contributed by atoms with Gasteiger partial charge in [-0.2, -0.15) is 9.61 Å². The molecule has 0 fully saturated rings. The van der Waals surface area contributed by atoms with Crippen molar-refractivity contribution in [1.29, 1.82) is 0 Å². The van der Waals surface area contributed by atoms with Gasteiger partial charge in [0.15, 0.2) is 5.82 Å². The molecule has 2 aromatic heterocycles. The van der Waals surface area contributed by atoms with Gasteiger partial charge in [0.1, 0.15) is 10.8 Å². The lowest BCUT2D eigenvalue weighted by molar-refractivity contribution is 0.627. The number of nitrogens with zero attached hydrogens (tertiary/aromatic N) is 4. The summed E-state index contributed by atoms with van der Waals surface area (Å²) in [6, 6.07) is 16.4. The van der Waals surface area contributed by atoms with Crippen molar-refractivity contribution in [2.24, 2.45) is 0 Å². The Morgan fingerprint density at radius 2 is 1.73 bits per heavy atom. The molecule has 0 radical (unpaired) electrons. The highest BCUT2D eigenvalue weighted by Gasteiger charge is 2.13. The highest BCUT2D eigenvalue weighted by Crippen LogP contribution is 2.25. The molecule has 108 valence electrons. The summed E-state index contributed by atoms with van der Waals surface area (Å²) in [4.78, 5) is 0.760. The third-order valence-corrected chi connectivity index (χ3v) is 4.30. The monoisotopic (exact) mass is 310 g/mol. The first-order valence-corrected chi connectivity index (χ1v) is 7.62. The van der Waals surface area contributed by atoms with Crippen LogP contribution in [0.1, 0.15) is 11.4 Å². The number of halogens is 1. The second kappa shape index (κ2) is 5.31. The minimum atomic E-state index is -0.241. The number of hydrogen-bond donors (Lipinski definition) is 0. The highest BCUT2D eigenvalue weighted by molar-refractivity contribution is 7.19. The van der Waals surface area contributed by atoms with Crippen molar-refractivity contribution in [3.05, 3.63) is 71.8 Å². The van der Waals surface area contributed by atoms with Crippen LogP contribution >= 0.6 is 11.3 Å². The molecule has 4 nitrogen and oxygen atoms in total. The Morgan fingerprint density at radius 1 is 0.955 bits per heavy atom. The molecule has 4 rings (SSSR count). The largest absolute Gasteiger partial charge is 0.234 e. The molecule has 2 heterocycles. The predicted molar refractivity (Wildman–Crippen MR) is 83.3 cm³/mol. The SMILES string of the molecule is Fc1ccc(Cc2nnc3sc(-c4ccccc4)nn23)cc1. The minimum absolute atomic E-state index is 0.241. The Kier molecular flexibility index (Phi) is 3.16. The molecule has 0 aliphatic rings. The molecule has 4 aromatic rings. The second-order valence-corrected chi connectivity index (χ2v) is 5.84. The summed E-state index contributed by atoms with van der Waals surface area (Å²) < 4.78 is 14.7. The van der Waals surface area contributed by atoms with Crippen LogP contribution < -0.4 is 0 Å². The van der Waals surface area contributed by atoms with Crippen LogP contribution in [0.2, 0.25) is 0 Å². The van der Waals surface area contributed by atoms with Gasteiger partial charge >= 0.3 is 0 Å². The molecule has 0 saturated heterocycles. The summed E-state index contributed by atoms with van der Waals surface area (Å²) in [5.74, 6) is 0.509. The molecule has 0 saturated carbocycles. The van der Waals surface area contributed by atoms with Gasteiger partial charge in [-0.15, -0.1) is 10.2 Å². The number of rotatable bonds is 3. The van der Waals surface area contributed by atoms with Gasteiger partial charge in [-0.1, -0.05) is 53.8 Å². The summed E-state index contributed by atoms with van der Waals surface area (Å²) in [6.07, 6.45) is 0.569. The number of fused-ring (bicyclic) bond motifs is 1. The Bertz CT molecular complexity index is 912. The molecular weight excluding hydrogens is 299 g/mol. The van der Waals surface area contributed by atoms with Crippen molar-refractivity contribution < 1.29 is 4.39 Å². The maximum atomic E-state index is 13.0. The van der Waals surface area contributed by atoms with Crippen LogP contribution in [0.5, 0.6) is 0 Å². The molecule has 22 heavy (non-hydrogen) atoms. The van der Waals surface area contributed by atoms with Gasteiger partial charge in [0.05, 0.1) is 0 Å². The average molecular weight is 310 g/mol. The number of aromatic nitrogens is 4. The van der Waals surface area contributed by atoms with Gasteiger partial charge < -0.3 is 0 Å². The van der Waals surface area contributed by atoms with E-state index in [1.807, 2.05) is 30.3 Å². The zero-order chi connectivity index (χ0) is 14.9. The molecule has 0 spiro atoms. The van der Waals surface area contributed by atoms with Crippen molar-refractivity contribution >= 4 is 16.3 Å². The van der Waals surface area contributed by atoms with E-state index in [0.717, 1.165) is 26.9 Å². The van der Waals surface area contributed by atoms with E-state index in [9.17, 15) is 4.39 Å². The molecule has 0 N–H and O–H groups in total. The van der Waals surface area contributed by atoms with E-state index in [1.165, 1.54) is 23.5 Å². The molecule has 0 aliphatic heterocycles. The zero-order valence-corrected chi connectivity index (χ0v) is 12.3. The Labute approximate surface area is 129 Å². The Morgan fingerprint density at radius 3 is 2.50 bits per heavy atom. The molecular formula is C16H11FN4S. The molecule has 0 atom stereocenters. The van der Waals surface area contributed by atoms with Crippen LogP contribution in [-0.4, -0.2) is 19.8 Å². The fourth-order valence-electron chi connectivity index (χ4n) is 2.25. The van der Waals surface area contributed by atoms with Gasteiger partial charge in [0.2, 0.25) is 4.96 Å². The van der Waals surface area contributed by atoms with Crippen LogP contribution in [-0.2, 0) is 6.42 Å². The maximum absolute atomic E-state index is 13.0. The topological polar surface area (TPSA) is 43.1 Å². The Hall–Kier alpha value is -2.60. The van der Waals surface area contributed by atoms with E-state index >= 15 is 0 Å². The standard InChI is InChI=1S/C16H11FN4S/c17-13-8-6-11(7-9-13)10-14-18-19-16-21(14)20-15(22-16)12-4-2-1-3-5-12/h1-9H,10H2. The van der Waals surface area contributed by atoms with Crippen molar-refractivity contribution in [3.8, 4) is 10.6 Å². The quantitative estimate of drug-likeness (QED) is 0.581. The van der Waals surface area contributed by atoms with Gasteiger partial charge in [0.25, 0.3) is 0 Å². The van der Waals surface area contributed by atoms with Gasteiger partial charge in [-0.3, -0.25) is 0 Å². The summed E-state index contributed by atoms with van der Waals surface area (Å²) in [5.41, 5.74) is 2.04. The first-order valence-electron chi connectivity index (χ1n) is 6.80. The molecule has 2 aromatic carbocycles. The first kappa shape index (κ1) is 13.1. The summed E-state index contributed by atoms with van der Waals surface area (Å²) in [5, 5.41) is 13.8. The normalized spacial score (nSPS) is 11.1. The molecule has 6 heteroatoms. The zero-order valence-electron chi connectivity index (χ0n) is 11.5. The van der Waals surface area contributed by atoms with E-state index in [1.54, 1.807) is 16.6 Å². The van der Waals surface area contributed by atoms with Crippen LogP contribution in [0.4, 0.5) is 4.39 Å². The fourth-order valence-corrected chi connectivity index (χ4v) is 3.11. The maximum Gasteiger partial charge on any atom is 0.234 e. The van der Waals surface area contributed by atoms with E-state index in [2.05, 4.69) is 15.3 Å². The second-order valence-electron chi connectivity index (χ2n) is 4.89. The van der Waals surface area contributed by atoms with Crippen molar-refractivity contribution in [3.63, 3.8) is 0 Å². The molecule has 0 aliphatic carbocycles. The van der Waals surface area contributed by atoms with Gasteiger partial charge in [0, 0.05) is 12.0 Å². The lowest BCUT2D eigenvalue weighted by atomic mass is 10.1. The lowest BCUT2D eigenvalue weighted by Gasteiger charge is -1.98.